The van der Waals surface area contributed by atoms with Gasteiger partial charge in [-0.1, -0.05) is 26.7 Å². The molecule has 1 saturated heterocycles. The highest BCUT2D eigenvalue weighted by atomic mass is 16.5. The predicted octanol–water partition coefficient (Wildman–Crippen LogP) is 3.22. The lowest BCUT2D eigenvalue weighted by molar-refractivity contribution is 0.143. The fourth-order valence-corrected chi connectivity index (χ4v) is 3.67. The van der Waals surface area contributed by atoms with Gasteiger partial charge in [-0.15, -0.1) is 0 Å². The van der Waals surface area contributed by atoms with E-state index in [2.05, 4.69) is 19.2 Å². The van der Waals surface area contributed by atoms with E-state index in [1.807, 2.05) is 0 Å². The first-order valence-corrected chi connectivity index (χ1v) is 7.62. The van der Waals surface area contributed by atoms with Crippen LogP contribution >= 0.6 is 0 Å². The Morgan fingerprint density at radius 1 is 1.24 bits per heavy atom. The quantitative estimate of drug-likeness (QED) is 0.795. The van der Waals surface area contributed by atoms with Crippen LogP contribution in [0.4, 0.5) is 0 Å². The minimum atomic E-state index is 0.722. The summed E-state index contributed by atoms with van der Waals surface area (Å²) < 4.78 is 5.60. The summed E-state index contributed by atoms with van der Waals surface area (Å²) in [6, 6.07) is 0.722. The van der Waals surface area contributed by atoms with Gasteiger partial charge in [0.05, 0.1) is 6.61 Å². The van der Waals surface area contributed by atoms with Gasteiger partial charge < -0.3 is 10.1 Å². The molecule has 0 bridgehead atoms. The summed E-state index contributed by atoms with van der Waals surface area (Å²) in [6.45, 7) is 7.84. The van der Waals surface area contributed by atoms with Gasteiger partial charge in [-0.05, 0) is 44.1 Å². The first-order chi connectivity index (χ1) is 8.31. The monoisotopic (exact) mass is 239 g/mol. The van der Waals surface area contributed by atoms with E-state index in [4.69, 9.17) is 4.74 Å². The van der Waals surface area contributed by atoms with Crippen LogP contribution in [0, 0.1) is 17.8 Å². The zero-order chi connectivity index (χ0) is 12.1. The van der Waals surface area contributed by atoms with Crippen molar-refractivity contribution in [1.29, 1.82) is 0 Å². The van der Waals surface area contributed by atoms with Gasteiger partial charge in [0.25, 0.3) is 0 Å². The standard InChI is InChI=1S/C15H29NO/c1-3-8-16-15(14-7-9-17-11-14)13-6-4-5-12(2)10-13/h12-16H,3-11H2,1-2H3. The third-order valence-corrected chi connectivity index (χ3v) is 4.59. The van der Waals surface area contributed by atoms with Gasteiger partial charge in [0, 0.05) is 18.6 Å². The highest BCUT2D eigenvalue weighted by Crippen LogP contribution is 2.35. The molecule has 2 nitrogen and oxygen atoms in total. The van der Waals surface area contributed by atoms with Gasteiger partial charge in [0.15, 0.2) is 0 Å². The van der Waals surface area contributed by atoms with Gasteiger partial charge in [0.2, 0.25) is 0 Å². The van der Waals surface area contributed by atoms with Crippen LogP contribution in [0.5, 0.6) is 0 Å². The van der Waals surface area contributed by atoms with Crippen molar-refractivity contribution >= 4 is 0 Å². The average molecular weight is 239 g/mol. The summed E-state index contributed by atoms with van der Waals surface area (Å²) >= 11 is 0. The molecule has 4 unspecified atom stereocenters. The molecule has 100 valence electrons. The molecule has 17 heavy (non-hydrogen) atoms. The normalized spacial score (nSPS) is 36.0. The molecule has 0 aromatic rings. The van der Waals surface area contributed by atoms with Crippen LogP contribution in [-0.2, 0) is 4.74 Å². The van der Waals surface area contributed by atoms with Crippen molar-refractivity contribution in [2.45, 2.75) is 58.4 Å². The smallest absolute Gasteiger partial charge is 0.0510 e. The largest absolute Gasteiger partial charge is 0.381 e. The van der Waals surface area contributed by atoms with Gasteiger partial charge in [-0.25, -0.2) is 0 Å². The number of hydrogen-bond acceptors (Lipinski definition) is 2. The highest BCUT2D eigenvalue weighted by molar-refractivity contribution is 4.88. The molecule has 0 spiro atoms. The molecule has 0 aromatic carbocycles. The average Bonchev–Trinajstić information content (AvgIpc) is 2.83. The van der Waals surface area contributed by atoms with E-state index in [0.29, 0.717) is 0 Å². The van der Waals surface area contributed by atoms with Crippen molar-refractivity contribution in [2.24, 2.45) is 17.8 Å². The zero-order valence-electron chi connectivity index (χ0n) is 11.6. The second-order valence-corrected chi connectivity index (χ2v) is 6.14. The molecule has 1 heterocycles. The molecule has 1 aliphatic heterocycles. The van der Waals surface area contributed by atoms with Crippen molar-refractivity contribution in [3.63, 3.8) is 0 Å². The molecule has 2 aliphatic rings. The SMILES string of the molecule is CCCNC(C1CCOC1)C1CCCC(C)C1. The minimum Gasteiger partial charge on any atom is -0.381 e. The van der Waals surface area contributed by atoms with Gasteiger partial charge in [0.1, 0.15) is 0 Å². The summed E-state index contributed by atoms with van der Waals surface area (Å²) in [5.41, 5.74) is 0. The topological polar surface area (TPSA) is 21.3 Å². The molecule has 1 saturated carbocycles. The lowest BCUT2D eigenvalue weighted by Gasteiger charge is -2.36. The molecular formula is C15H29NO. The highest BCUT2D eigenvalue weighted by Gasteiger charge is 2.33. The van der Waals surface area contributed by atoms with E-state index >= 15 is 0 Å². The van der Waals surface area contributed by atoms with Crippen LogP contribution in [0.3, 0.4) is 0 Å². The van der Waals surface area contributed by atoms with Gasteiger partial charge in [-0.2, -0.15) is 0 Å². The Morgan fingerprint density at radius 3 is 2.76 bits per heavy atom. The van der Waals surface area contributed by atoms with E-state index in [9.17, 15) is 0 Å². The summed E-state index contributed by atoms with van der Waals surface area (Å²) in [6.07, 6.45) is 8.25. The fourth-order valence-electron chi connectivity index (χ4n) is 3.67. The minimum absolute atomic E-state index is 0.722. The Hall–Kier alpha value is -0.0800. The van der Waals surface area contributed by atoms with Crippen LogP contribution in [0.1, 0.15) is 52.4 Å². The first kappa shape index (κ1) is 13.4. The molecule has 1 aliphatic carbocycles. The lowest BCUT2D eigenvalue weighted by Crippen LogP contribution is -2.44. The summed E-state index contributed by atoms with van der Waals surface area (Å²) in [5.74, 6) is 2.61. The molecule has 2 heteroatoms. The second-order valence-electron chi connectivity index (χ2n) is 6.14. The summed E-state index contributed by atoms with van der Waals surface area (Å²) in [4.78, 5) is 0. The second kappa shape index (κ2) is 6.75. The van der Waals surface area contributed by atoms with Crippen molar-refractivity contribution in [3.8, 4) is 0 Å². The molecule has 4 atom stereocenters. The van der Waals surface area contributed by atoms with Crippen molar-refractivity contribution < 1.29 is 4.74 Å². The number of hydrogen-bond donors (Lipinski definition) is 1. The van der Waals surface area contributed by atoms with Gasteiger partial charge >= 0.3 is 0 Å². The van der Waals surface area contributed by atoms with Crippen molar-refractivity contribution in [3.05, 3.63) is 0 Å². The van der Waals surface area contributed by atoms with Crippen LogP contribution in [0.25, 0.3) is 0 Å². The van der Waals surface area contributed by atoms with Crippen LogP contribution < -0.4 is 5.32 Å². The van der Waals surface area contributed by atoms with Crippen molar-refractivity contribution in [1.82, 2.24) is 5.32 Å². The van der Waals surface area contributed by atoms with Gasteiger partial charge in [-0.3, -0.25) is 0 Å². The van der Waals surface area contributed by atoms with Crippen LogP contribution in [-0.4, -0.2) is 25.8 Å². The molecule has 2 rings (SSSR count). The van der Waals surface area contributed by atoms with E-state index in [-0.39, 0.29) is 0 Å². The van der Waals surface area contributed by atoms with E-state index in [1.165, 1.54) is 45.1 Å². The number of rotatable bonds is 5. The number of ether oxygens (including phenoxy) is 1. The third kappa shape index (κ3) is 3.69. The third-order valence-electron chi connectivity index (χ3n) is 4.59. The molecule has 1 N–H and O–H groups in total. The Morgan fingerprint density at radius 2 is 2.12 bits per heavy atom. The lowest BCUT2D eigenvalue weighted by atomic mass is 9.74. The molecule has 2 fully saturated rings. The summed E-state index contributed by atoms with van der Waals surface area (Å²) in [7, 11) is 0. The zero-order valence-corrected chi connectivity index (χ0v) is 11.6. The van der Waals surface area contributed by atoms with Crippen LogP contribution in [0.15, 0.2) is 0 Å². The Labute approximate surface area is 107 Å². The molecule has 0 radical (unpaired) electrons. The van der Waals surface area contributed by atoms with E-state index in [1.54, 1.807) is 0 Å². The van der Waals surface area contributed by atoms with Crippen molar-refractivity contribution in [2.75, 3.05) is 19.8 Å². The Kier molecular flexibility index (Phi) is 5.30. The maximum absolute atomic E-state index is 5.60. The maximum Gasteiger partial charge on any atom is 0.0510 e. The molecular weight excluding hydrogens is 210 g/mol. The first-order valence-electron chi connectivity index (χ1n) is 7.62. The fraction of sp³-hybridized carbons (Fsp3) is 1.00. The predicted molar refractivity (Wildman–Crippen MR) is 72.1 cm³/mol. The van der Waals surface area contributed by atoms with E-state index in [0.717, 1.165) is 37.0 Å². The molecule has 0 amide bonds. The summed E-state index contributed by atoms with van der Waals surface area (Å²) in [5, 5.41) is 3.82. The number of nitrogens with one attached hydrogen (secondary N) is 1. The van der Waals surface area contributed by atoms with E-state index < -0.39 is 0 Å². The molecule has 0 aromatic heterocycles. The Balaban J connectivity index is 1.92. The van der Waals surface area contributed by atoms with Crippen LogP contribution in [0.2, 0.25) is 0 Å². The maximum atomic E-state index is 5.60. The Bertz CT molecular complexity index is 213.